The number of hydrogen-bond acceptors (Lipinski definition) is 7. The van der Waals surface area contributed by atoms with Crippen LogP contribution in [0.2, 0.25) is 0 Å². The fraction of sp³-hybridized carbons (Fsp3) is 0.781. The maximum absolute atomic E-state index is 12.3. The molecule has 0 rings (SSSR count). The molecule has 0 bridgehead atoms. The van der Waals surface area contributed by atoms with E-state index >= 15 is 0 Å². The van der Waals surface area contributed by atoms with Crippen molar-refractivity contribution in [3.8, 4) is 0 Å². The van der Waals surface area contributed by atoms with E-state index in [1.54, 1.807) is 0 Å². The van der Waals surface area contributed by atoms with Gasteiger partial charge in [0.15, 0.2) is 0 Å². The highest BCUT2D eigenvalue weighted by Crippen LogP contribution is 2.43. The molecule has 0 heterocycles. The van der Waals surface area contributed by atoms with Crippen LogP contribution in [0.25, 0.3) is 0 Å². The van der Waals surface area contributed by atoms with Crippen molar-refractivity contribution in [2.75, 3.05) is 33.0 Å². The van der Waals surface area contributed by atoms with Crippen molar-refractivity contribution in [1.29, 1.82) is 0 Å². The van der Waals surface area contributed by atoms with Crippen molar-refractivity contribution >= 4 is 13.8 Å². The average molecular weight is 602 g/mol. The van der Waals surface area contributed by atoms with Gasteiger partial charge in [0.2, 0.25) is 0 Å². The van der Waals surface area contributed by atoms with Gasteiger partial charge in [-0.15, -0.1) is 0 Å². The molecule has 2 atom stereocenters. The Kier molecular flexibility index (Phi) is 29.2. The highest BCUT2D eigenvalue weighted by Gasteiger charge is 2.25. The minimum absolute atomic E-state index is 0.0974. The Balaban J connectivity index is 4.08. The molecule has 41 heavy (non-hydrogen) atoms. The van der Waals surface area contributed by atoms with Crippen LogP contribution in [0.3, 0.4) is 0 Å². The smallest absolute Gasteiger partial charge is 0.457 e. The highest BCUT2D eigenvalue weighted by atomic mass is 31.2. The van der Waals surface area contributed by atoms with Crippen LogP contribution in [-0.4, -0.2) is 49.9 Å². The lowest BCUT2D eigenvalue weighted by molar-refractivity contribution is -0.154. The molecule has 0 radical (unpaired) electrons. The predicted molar refractivity (Wildman–Crippen MR) is 169 cm³/mol. The van der Waals surface area contributed by atoms with Gasteiger partial charge in [0.25, 0.3) is 0 Å². The SMILES string of the molecule is CC/C=C\C/C=C\C/C=C\CCCCCCCCOCC(COP(=O)(O)OCCN)OC(=O)CCCCCCCC. The van der Waals surface area contributed by atoms with Crippen molar-refractivity contribution in [2.24, 2.45) is 5.73 Å². The number of nitrogens with two attached hydrogens (primary N) is 1. The summed E-state index contributed by atoms with van der Waals surface area (Å²) in [5, 5.41) is 0. The van der Waals surface area contributed by atoms with Crippen molar-refractivity contribution < 1.29 is 32.8 Å². The summed E-state index contributed by atoms with van der Waals surface area (Å²) < 4.78 is 33.0. The minimum Gasteiger partial charge on any atom is -0.457 e. The summed E-state index contributed by atoms with van der Waals surface area (Å²) in [7, 11) is -4.26. The second-order valence-corrected chi connectivity index (χ2v) is 11.7. The number of carbonyl (C=O) groups excluding carboxylic acids is 1. The van der Waals surface area contributed by atoms with Gasteiger partial charge >= 0.3 is 13.8 Å². The van der Waals surface area contributed by atoms with Gasteiger partial charge in [-0.3, -0.25) is 13.8 Å². The monoisotopic (exact) mass is 601 g/mol. The molecule has 0 aromatic heterocycles. The maximum atomic E-state index is 12.3. The van der Waals surface area contributed by atoms with E-state index in [9.17, 15) is 14.3 Å². The van der Waals surface area contributed by atoms with Gasteiger partial charge in [-0.05, 0) is 44.9 Å². The zero-order chi connectivity index (χ0) is 30.3. The van der Waals surface area contributed by atoms with Crippen LogP contribution in [0, 0.1) is 0 Å². The molecule has 0 aliphatic rings. The van der Waals surface area contributed by atoms with Gasteiger partial charge in [0.05, 0.1) is 19.8 Å². The van der Waals surface area contributed by atoms with Crippen LogP contribution in [-0.2, 0) is 27.9 Å². The third-order valence-corrected chi connectivity index (χ3v) is 7.31. The first-order valence-electron chi connectivity index (χ1n) is 16.0. The molecule has 9 heteroatoms. The van der Waals surface area contributed by atoms with Crippen molar-refractivity contribution in [2.45, 2.75) is 129 Å². The molecule has 0 amide bonds. The van der Waals surface area contributed by atoms with E-state index in [1.807, 2.05) is 0 Å². The van der Waals surface area contributed by atoms with Crippen LogP contribution >= 0.6 is 7.82 Å². The number of phosphoric ester groups is 1. The lowest BCUT2D eigenvalue weighted by atomic mass is 10.1. The lowest BCUT2D eigenvalue weighted by Gasteiger charge is -2.20. The van der Waals surface area contributed by atoms with E-state index in [2.05, 4.69) is 50.3 Å². The Morgan fingerprint density at radius 1 is 0.756 bits per heavy atom. The van der Waals surface area contributed by atoms with E-state index in [4.69, 9.17) is 24.3 Å². The maximum Gasteiger partial charge on any atom is 0.472 e. The molecule has 3 N–H and O–H groups in total. The van der Waals surface area contributed by atoms with E-state index in [1.165, 1.54) is 38.5 Å². The van der Waals surface area contributed by atoms with Gasteiger partial charge in [-0.25, -0.2) is 4.57 Å². The first-order valence-corrected chi connectivity index (χ1v) is 17.5. The largest absolute Gasteiger partial charge is 0.472 e. The highest BCUT2D eigenvalue weighted by molar-refractivity contribution is 7.47. The molecule has 0 aliphatic heterocycles. The second kappa shape index (κ2) is 30.2. The van der Waals surface area contributed by atoms with Gasteiger partial charge in [0, 0.05) is 19.6 Å². The Hall–Kier alpha value is -1.28. The Bertz CT molecular complexity index is 727. The summed E-state index contributed by atoms with van der Waals surface area (Å²) in [4.78, 5) is 22.1. The van der Waals surface area contributed by atoms with Crippen LogP contribution in [0.5, 0.6) is 0 Å². The van der Waals surface area contributed by atoms with E-state index < -0.39 is 13.9 Å². The number of hydrogen-bond donors (Lipinski definition) is 2. The Morgan fingerprint density at radius 3 is 2.05 bits per heavy atom. The standard InChI is InChI=1S/C32H60NO7P/c1-3-5-7-9-11-12-13-14-15-16-17-18-19-20-22-24-27-37-29-31(30-39-41(35,36)38-28-26-33)40-32(34)25-23-21-10-8-6-4-2/h5,7,11-12,14-15,31H,3-4,6,8-10,13,16-30,33H2,1-2H3,(H,35,36)/b7-5-,12-11-,15-14-. The molecule has 0 saturated carbocycles. The second-order valence-electron chi connectivity index (χ2n) is 10.3. The Morgan fingerprint density at radius 2 is 1.37 bits per heavy atom. The van der Waals surface area contributed by atoms with E-state index in [0.717, 1.165) is 64.2 Å². The molecule has 0 aromatic rings. The number of ether oxygens (including phenoxy) is 2. The zero-order valence-corrected chi connectivity index (χ0v) is 26.9. The van der Waals surface area contributed by atoms with Crippen LogP contribution in [0.15, 0.2) is 36.5 Å². The molecule has 0 aromatic carbocycles. The molecule has 240 valence electrons. The third-order valence-electron chi connectivity index (χ3n) is 6.32. The summed E-state index contributed by atoms with van der Waals surface area (Å²) in [5.41, 5.74) is 5.31. The summed E-state index contributed by atoms with van der Waals surface area (Å²) in [6, 6.07) is 0. The zero-order valence-electron chi connectivity index (χ0n) is 26.0. The number of rotatable bonds is 30. The summed E-state index contributed by atoms with van der Waals surface area (Å²) in [6.45, 7) is 4.69. The predicted octanol–water partition coefficient (Wildman–Crippen LogP) is 8.35. The van der Waals surface area contributed by atoms with Gasteiger partial charge in [-0.1, -0.05) is 108 Å². The quantitative estimate of drug-likeness (QED) is 0.0365. The van der Waals surface area contributed by atoms with Gasteiger partial charge in [0.1, 0.15) is 6.10 Å². The van der Waals surface area contributed by atoms with Gasteiger partial charge < -0.3 is 20.1 Å². The van der Waals surface area contributed by atoms with Crippen molar-refractivity contribution in [3.63, 3.8) is 0 Å². The topological polar surface area (TPSA) is 117 Å². The Labute approximate surface area is 250 Å². The fourth-order valence-corrected chi connectivity index (χ4v) is 4.77. The molecular weight excluding hydrogens is 541 g/mol. The lowest BCUT2D eigenvalue weighted by Crippen LogP contribution is -2.28. The molecule has 8 nitrogen and oxygen atoms in total. The number of unbranched alkanes of at least 4 members (excludes halogenated alkanes) is 11. The molecule has 0 saturated heterocycles. The summed E-state index contributed by atoms with van der Waals surface area (Å²) in [5.74, 6) is -0.348. The minimum atomic E-state index is -4.26. The molecule has 0 spiro atoms. The van der Waals surface area contributed by atoms with E-state index in [0.29, 0.717) is 13.0 Å². The average Bonchev–Trinajstić information content (AvgIpc) is 2.96. The number of allylic oxidation sites excluding steroid dienone is 6. The third kappa shape index (κ3) is 30.0. The van der Waals surface area contributed by atoms with Gasteiger partial charge in [-0.2, -0.15) is 0 Å². The fourth-order valence-electron chi connectivity index (χ4n) is 4.01. The van der Waals surface area contributed by atoms with Crippen molar-refractivity contribution in [1.82, 2.24) is 0 Å². The van der Waals surface area contributed by atoms with E-state index in [-0.39, 0.29) is 32.3 Å². The molecule has 0 fully saturated rings. The summed E-state index contributed by atoms with van der Waals surface area (Å²) in [6.07, 6.45) is 30.4. The number of esters is 1. The molecular formula is C32H60NO7P. The van der Waals surface area contributed by atoms with Crippen molar-refractivity contribution in [3.05, 3.63) is 36.5 Å². The molecule has 2 unspecified atom stereocenters. The normalized spacial score (nSPS) is 14.3. The van der Waals surface area contributed by atoms with Crippen LogP contribution in [0.1, 0.15) is 123 Å². The molecule has 0 aliphatic carbocycles. The first kappa shape index (κ1) is 39.7. The number of carbonyl (C=O) groups is 1. The van der Waals surface area contributed by atoms with Crippen LogP contribution in [0.4, 0.5) is 0 Å². The first-order chi connectivity index (χ1) is 19.9. The summed E-state index contributed by atoms with van der Waals surface area (Å²) >= 11 is 0. The van der Waals surface area contributed by atoms with Crippen LogP contribution < -0.4 is 5.73 Å². The number of phosphoric acid groups is 1.